The Morgan fingerprint density at radius 3 is 2.48 bits per heavy atom. The smallest absolute Gasteiger partial charge is 0.272 e. The molecule has 150 valence electrons. The molecule has 0 saturated heterocycles. The first kappa shape index (κ1) is 20.7. The van der Waals surface area contributed by atoms with Crippen molar-refractivity contribution in [2.45, 2.75) is 17.1 Å². The van der Waals surface area contributed by atoms with Crippen LogP contribution in [-0.2, 0) is 9.59 Å². The number of aromatic nitrogens is 2. The minimum absolute atomic E-state index is 0.0718. The summed E-state index contributed by atoms with van der Waals surface area (Å²) >= 11 is 7.18. The lowest BCUT2D eigenvalue weighted by Gasteiger charge is -2.12. The first-order valence-electron chi connectivity index (χ1n) is 8.58. The molecule has 4 N–H and O–H groups in total. The molecule has 1 unspecified atom stereocenters. The van der Waals surface area contributed by atoms with E-state index < -0.39 is 22.3 Å². The molecule has 0 fully saturated rings. The fourth-order valence-electron chi connectivity index (χ4n) is 2.61. The van der Waals surface area contributed by atoms with Gasteiger partial charge in [0.2, 0.25) is 11.8 Å². The predicted molar refractivity (Wildman–Crippen MR) is 114 cm³/mol. The van der Waals surface area contributed by atoms with E-state index in [0.29, 0.717) is 5.02 Å². The van der Waals surface area contributed by atoms with Crippen molar-refractivity contribution in [2.75, 3.05) is 11.9 Å². The van der Waals surface area contributed by atoms with Crippen LogP contribution in [0.2, 0.25) is 5.02 Å². The highest BCUT2D eigenvalue weighted by atomic mass is 35.5. The Kier molecular flexibility index (Phi) is 6.40. The van der Waals surface area contributed by atoms with Crippen LogP contribution in [0.4, 0.5) is 5.69 Å². The molecule has 0 saturated carbocycles. The second kappa shape index (κ2) is 8.97. The lowest BCUT2D eigenvalue weighted by atomic mass is 10.1. The van der Waals surface area contributed by atoms with Crippen molar-refractivity contribution in [1.29, 1.82) is 0 Å². The average molecular weight is 433 g/mol. The maximum Gasteiger partial charge on any atom is 0.272 e. The molecule has 2 aromatic carbocycles. The highest BCUT2D eigenvalue weighted by Gasteiger charge is 2.16. The zero-order valence-corrected chi connectivity index (χ0v) is 16.8. The normalized spacial score (nSPS) is 11.8. The van der Waals surface area contributed by atoms with Crippen LogP contribution in [0, 0.1) is 0 Å². The largest absolute Gasteiger partial charge is 0.346 e. The molecule has 1 atom stereocenters. The number of H-pyrrole nitrogens is 2. The number of anilines is 1. The Labute approximate surface area is 174 Å². The summed E-state index contributed by atoms with van der Waals surface area (Å²) in [5.41, 5.74) is -0.817. The molecule has 10 heteroatoms. The molecule has 0 aliphatic heterocycles. The minimum Gasteiger partial charge on any atom is -0.346 e. The molecule has 2 amide bonds. The molecule has 3 aromatic rings. The minimum atomic E-state index is -0.535. The summed E-state index contributed by atoms with van der Waals surface area (Å²) in [5.74, 6) is -0.832. The van der Waals surface area contributed by atoms with E-state index >= 15 is 0 Å². The Morgan fingerprint density at radius 1 is 1.07 bits per heavy atom. The van der Waals surface area contributed by atoms with E-state index in [-0.39, 0.29) is 28.9 Å². The highest BCUT2D eigenvalue weighted by Crippen LogP contribution is 2.24. The third-order valence-corrected chi connectivity index (χ3v) is 5.38. The van der Waals surface area contributed by atoms with Crippen molar-refractivity contribution in [3.05, 3.63) is 68.2 Å². The lowest BCUT2D eigenvalue weighted by molar-refractivity contribution is -0.123. The molecule has 1 heterocycles. The van der Waals surface area contributed by atoms with E-state index in [1.165, 1.54) is 23.9 Å². The first-order chi connectivity index (χ1) is 13.8. The summed E-state index contributed by atoms with van der Waals surface area (Å²) in [7, 11) is 0. The molecule has 3 rings (SSSR count). The number of hydrogen-bond donors (Lipinski definition) is 4. The van der Waals surface area contributed by atoms with Crippen LogP contribution in [-0.4, -0.2) is 33.8 Å². The zero-order valence-electron chi connectivity index (χ0n) is 15.2. The molecule has 0 aliphatic rings. The van der Waals surface area contributed by atoms with E-state index in [0.717, 1.165) is 4.90 Å². The van der Waals surface area contributed by atoms with Gasteiger partial charge in [0.05, 0.1) is 28.3 Å². The highest BCUT2D eigenvalue weighted by molar-refractivity contribution is 8.00. The number of halogens is 1. The van der Waals surface area contributed by atoms with Crippen molar-refractivity contribution >= 4 is 51.6 Å². The molecule has 0 spiro atoms. The van der Waals surface area contributed by atoms with Gasteiger partial charge < -0.3 is 10.6 Å². The first-order valence-corrected chi connectivity index (χ1v) is 9.84. The second-order valence-electron chi connectivity index (χ2n) is 6.12. The number of carbonyl (C=O) groups excluding carboxylic acids is 2. The Morgan fingerprint density at radius 2 is 1.76 bits per heavy atom. The lowest BCUT2D eigenvalue weighted by Crippen LogP contribution is -2.37. The molecule has 0 bridgehead atoms. The van der Waals surface area contributed by atoms with Crippen LogP contribution in [0.3, 0.4) is 0 Å². The zero-order chi connectivity index (χ0) is 21.0. The fourth-order valence-corrected chi connectivity index (χ4v) is 3.63. The van der Waals surface area contributed by atoms with E-state index in [1.807, 2.05) is 12.1 Å². The molecule has 29 heavy (non-hydrogen) atoms. The maximum atomic E-state index is 12.2. The quantitative estimate of drug-likeness (QED) is 0.444. The van der Waals surface area contributed by atoms with Gasteiger partial charge >= 0.3 is 0 Å². The molecular formula is C19H17ClN4O4S. The number of fused-ring (bicyclic) bond motifs is 1. The van der Waals surface area contributed by atoms with Crippen molar-refractivity contribution in [2.24, 2.45) is 0 Å². The summed E-state index contributed by atoms with van der Waals surface area (Å²) in [6.45, 7) is 1.45. The Bertz CT molecular complexity index is 1170. The van der Waals surface area contributed by atoms with Gasteiger partial charge in [-0.15, -0.1) is 11.8 Å². The van der Waals surface area contributed by atoms with Gasteiger partial charge in [-0.1, -0.05) is 17.7 Å². The molecule has 0 radical (unpaired) electrons. The van der Waals surface area contributed by atoms with Gasteiger partial charge in [0.1, 0.15) is 0 Å². The average Bonchev–Trinajstić information content (AvgIpc) is 2.70. The van der Waals surface area contributed by atoms with Crippen LogP contribution in [0.1, 0.15) is 6.92 Å². The topological polar surface area (TPSA) is 124 Å². The summed E-state index contributed by atoms with van der Waals surface area (Å²) in [6, 6.07) is 11.6. The number of benzene rings is 2. The SMILES string of the molecule is CC(Sc1ccc(Cl)cc1)C(=O)NCC(=O)Nc1cccc2c(=O)[nH][nH]c(=O)c12. The molecule has 1 aromatic heterocycles. The Balaban J connectivity index is 1.61. The third kappa shape index (κ3) is 5.07. The van der Waals surface area contributed by atoms with E-state index in [4.69, 9.17) is 11.6 Å². The van der Waals surface area contributed by atoms with Gasteiger partial charge in [-0.25, -0.2) is 0 Å². The monoisotopic (exact) mass is 432 g/mol. The van der Waals surface area contributed by atoms with E-state index in [1.54, 1.807) is 25.1 Å². The van der Waals surface area contributed by atoms with Crippen molar-refractivity contribution in [3.8, 4) is 0 Å². The van der Waals surface area contributed by atoms with Crippen LogP contribution in [0.25, 0.3) is 10.8 Å². The second-order valence-corrected chi connectivity index (χ2v) is 7.97. The van der Waals surface area contributed by atoms with Crippen molar-refractivity contribution in [3.63, 3.8) is 0 Å². The van der Waals surface area contributed by atoms with Gasteiger partial charge in [-0.2, -0.15) is 0 Å². The Hall–Kier alpha value is -3.04. The number of nitrogens with one attached hydrogen (secondary N) is 4. The van der Waals surface area contributed by atoms with Gasteiger partial charge in [0.15, 0.2) is 0 Å². The number of aromatic amines is 2. The fraction of sp³-hybridized carbons (Fsp3) is 0.158. The van der Waals surface area contributed by atoms with Crippen LogP contribution < -0.4 is 21.8 Å². The predicted octanol–water partition coefficient (Wildman–Crippen LogP) is 2.11. The number of thioether (sulfide) groups is 1. The van der Waals surface area contributed by atoms with Crippen LogP contribution in [0.15, 0.2) is 56.9 Å². The maximum absolute atomic E-state index is 12.2. The molecule has 8 nitrogen and oxygen atoms in total. The van der Waals surface area contributed by atoms with Crippen LogP contribution >= 0.6 is 23.4 Å². The van der Waals surface area contributed by atoms with Crippen molar-refractivity contribution in [1.82, 2.24) is 15.5 Å². The summed E-state index contributed by atoms with van der Waals surface area (Å²) in [4.78, 5) is 49.2. The molecular weight excluding hydrogens is 416 g/mol. The number of rotatable bonds is 6. The van der Waals surface area contributed by atoms with Gasteiger partial charge in [0, 0.05) is 9.92 Å². The van der Waals surface area contributed by atoms with E-state index in [9.17, 15) is 19.2 Å². The summed E-state index contributed by atoms with van der Waals surface area (Å²) in [5, 5.41) is 9.97. The number of amides is 2. The summed E-state index contributed by atoms with van der Waals surface area (Å²) in [6.07, 6.45) is 0. The van der Waals surface area contributed by atoms with Crippen LogP contribution in [0.5, 0.6) is 0 Å². The number of carbonyl (C=O) groups is 2. The van der Waals surface area contributed by atoms with Gasteiger partial charge in [-0.3, -0.25) is 29.4 Å². The van der Waals surface area contributed by atoms with Crippen molar-refractivity contribution < 1.29 is 9.59 Å². The third-order valence-electron chi connectivity index (χ3n) is 4.02. The standard InChI is InChI=1S/C19H17ClN4O4S/c1-10(29-12-7-5-11(20)6-8-12)17(26)21-9-15(25)22-14-4-2-3-13-16(14)19(28)24-23-18(13)27/h2-8,10H,9H2,1H3,(H,21,26)(H,22,25)(H,23,27)(H,24,28). The van der Waals surface area contributed by atoms with Gasteiger partial charge in [0.25, 0.3) is 11.1 Å². The van der Waals surface area contributed by atoms with E-state index in [2.05, 4.69) is 20.8 Å². The molecule has 0 aliphatic carbocycles. The summed E-state index contributed by atoms with van der Waals surface area (Å²) < 4.78 is 0. The van der Waals surface area contributed by atoms with Gasteiger partial charge in [-0.05, 0) is 43.3 Å². The number of hydrogen-bond acceptors (Lipinski definition) is 5.